The Balaban J connectivity index is 2.00. The maximum atomic E-state index is 10.6. The number of rotatable bonds is 3. The van der Waals surface area contributed by atoms with Crippen LogP contribution >= 0.6 is 0 Å². The number of benzene rings is 1. The fourth-order valence-corrected chi connectivity index (χ4v) is 3.74. The summed E-state index contributed by atoms with van der Waals surface area (Å²) in [7, 11) is 0. The van der Waals surface area contributed by atoms with E-state index < -0.39 is 6.10 Å². The Morgan fingerprint density at radius 3 is 2.95 bits per heavy atom. The molecule has 2 N–H and O–H groups in total. The molecule has 0 radical (unpaired) electrons. The van der Waals surface area contributed by atoms with Gasteiger partial charge >= 0.3 is 0 Å². The zero-order valence-electron chi connectivity index (χ0n) is 11.1. The SMILES string of the molecule is C=CCN1CC2CC(C1)C(O)c1c(CO)cccc12. The summed E-state index contributed by atoms with van der Waals surface area (Å²) in [5.74, 6) is 0.752. The molecule has 1 aromatic rings. The van der Waals surface area contributed by atoms with E-state index in [1.165, 1.54) is 5.56 Å². The summed E-state index contributed by atoms with van der Waals surface area (Å²) in [4.78, 5) is 2.36. The van der Waals surface area contributed by atoms with E-state index in [1.807, 2.05) is 18.2 Å². The summed E-state index contributed by atoms with van der Waals surface area (Å²) < 4.78 is 0. The first-order valence-corrected chi connectivity index (χ1v) is 6.98. The third kappa shape index (κ3) is 2.12. The standard InChI is InChI=1S/C16H21NO2/c1-2-6-17-8-12-7-13(9-17)16(19)15-11(10-18)4-3-5-14(12)15/h2-5,12-13,16,18-19H,1,6-10H2. The lowest BCUT2D eigenvalue weighted by Crippen LogP contribution is -2.44. The second kappa shape index (κ2) is 5.08. The molecule has 3 heteroatoms. The van der Waals surface area contributed by atoms with Gasteiger partial charge in [-0.3, -0.25) is 4.90 Å². The van der Waals surface area contributed by atoms with Crippen LogP contribution in [0.3, 0.4) is 0 Å². The van der Waals surface area contributed by atoms with E-state index >= 15 is 0 Å². The molecule has 19 heavy (non-hydrogen) atoms. The highest BCUT2D eigenvalue weighted by atomic mass is 16.3. The molecule has 1 aliphatic carbocycles. The molecule has 3 unspecified atom stereocenters. The Hall–Kier alpha value is -1.16. The zero-order chi connectivity index (χ0) is 13.4. The lowest BCUT2D eigenvalue weighted by atomic mass is 9.71. The van der Waals surface area contributed by atoms with Crippen molar-refractivity contribution in [1.82, 2.24) is 4.90 Å². The lowest BCUT2D eigenvalue weighted by molar-refractivity contribution is 0.0303. The van der Waals surface area contributed by atoms with Gasteiger partial charge < -0.3 is 10.2 Å². The van der Waals surface area contributed by atoms with E-state index in [4.69, 9.17) is 0 Å². The van der Waals surface area contributed by atoms with Gasteiger partial charge in [0.2, 0.25) is 0 Å². The molecule has 3 atom stereocenters. The van der Waals surface area contributed by atoms with Crippen LogP contribution in [0.1, 0.15) is 35.1 Å². The van der Waals surface area contributed by atoms with Gasteiger partial charge in [0, 0.05) is 25.6 Å². The number of fused-ring (bicyclic) bond motifs is 4. The Labute approximate surface area is 114 Å². The smallest absolute Gasteiger partial charge is 0.0836 e. The van der Waals surface area contributed by atoms with Crippen molar-refractivity contribution in [3.63, 3.8) is 0 Å². The molecule has 1 fully saturated rings. The summed E-state index contributed by atoms with van der Waals surface area (Å²) in [6.45, 7) is 6.64. The highest BCUT2D eigenvalue weighted by Crippen LogP contribution is 2.46. The van der Waals surface area contributed by atoms with E-state index in [9.17, 15) is 10.2 Å². The molecular weight excluding hydrogens is 238 g/mol. The molecule has 1 aliphatic heterocycles. The van der Waals surface area contributed by atoms with Crippen molar-refractivity contribution in [2.45, 2.75) is 25.0 Å². The van der Waals surface area contributed by atoms with Crippen molar-refractivity contribution in [2.75, 3.05) is 19.6 Å². The van der Waals surface area contributed by atoms with Crippen LogP contribution in [0.15, 0.2) is 30.9 Å². The largest absolute Gasteiger partial charge is 0.392 e. The average molecular weight is 259 g/mol. The van der Waals surface area contributed by atoms with Crippen LogP contribution in [0.4, 0.5) is 0 Å². The van der Waals surface area contributed by atoms with Crippen LogP contribution in [0, 0.1) is 5.92 Å². The van der Waals surface area contributed by atoms with Crippen LogP contribution in [0.5, 0.6) is 0 Å². The summed E-state index contributed by atoms with van der Waals surface area (Å²) in [5, 5.41) is 20.1. The van der Waals surface area contributed by atoms with Gasteiger partial charge in [0.05, 0.1) is 12.7 Å². The van der Waals surface area contributed by atoms with Gasteiger partial charge in [0.15, 0.2) is 0 Å². The van der Waals surface area contributed by atoms with Crippen LogP contribution < -0.4 is 0 Å². The molecule has 3 rings (SSSR count). The van der Waals surface area contributed by atoms with Gasteiger partial charge in [0.25, 0.3) is 0 Å². The predicted molar refractivity (Wildman–Crippen MR) is 74.8 cm³/mol. The minimum Gasteiger partial charge on any atom is -0.392 e. The van der Waals surface area contributed by atoms with Crippen molar-refractivity contribution in [2.24, 2.45) is 5.92 Å². The highest BCUT2D eigenvalue weighted by molar-refractivity contribution is 5.42. The molecular formula is C16H21NO2. The normalized spacial score (nSPS) is 29.9. The van der Waals surface area contributed by atoms with Gasteiger partial charge in [-0.05, 0) is 29.0 Å². The summed E-state index contributed by atoms with van der Waals surface area (Å²) in [5.41, 5.74) is 3.10. The van der Waals surface area contributed by atoms with Crippen LogP contribution in [-0.4, -0.2) is 34.7 Å². The van der Waals surface area contributed by atoms with Crippen molar-refractivity contribution >= 4 is 0 Å². The van der Waals surface area contributed by atoms with Crippen molar-refractivity contribution in [3.8, 4) is 0 Å². The molecule has 0 amide bonds. The minimum atomic E-state index is -0.442. The van der Waals surface area contributed by atoms with Crippen molar-refractivity contribution in [3.05, 3.63) is 47.5 Å². The quantitative estimate of drug-likeness (QED) is 0.814. The summed E-state index contributed by atoms with van der Waals surface area (Å²) >= 11 is 0. The fraction of sp³-hybridized carbons (Fsp3) is 0.500. The first kappa shape index (κ1) is 12.9. The van der Waals surface area contributed by atoms with E-state index in [2.05, 4.69) is 17.5 Å². The molecule has 1 aromatic carbocycles. The van der Waals surface area contributed by atoms with Gasteiger partial charge in [-0.15, -0.1) is 6.58 Å². The summed E-state index contributed by atoms with van der Waals surface area (Å²) in [6.07, 6.45) is 2.54. The minimum absolute atomic E-state index is 0.00997. The van der Waals surface area contributed by atoms with Crippen LogP contribution in [0.25, 0.3) is 0 Å². The first-order chi connectivity index (χ1) is 9.24. The summed E-state index contributed by atoms with van der Waals surface area (Å²) in [6, 6.07) is 6.02. The molecule has 102 valence electrons. The molecule has 0 aromatic heterocycles. The second-order valence-corrected chi connectivity index (χ2v) is 5.72. The number of likely N-dealkylation sites (tertiary alicyclic amines) is 1. The van der Waals surface area contributed by atoms with E-state index in [0.717, 1.165) is 37.2 Å². The molecule has 2 aliphatic rings. The molecule has 0 spiro atoms. The molecule has 3 nitrogen and oxygen atoms in total. The van der Waals surface area contributed by atoms with E-state index in [0.29, 0.717) is 5.92 Å². The van der Waals surface area contributed by atoms with E-state index in [-0.39, 0.29) is 12.5 Å². The number of hydrogen-bond donors (Lipinski definition) is 2. The molecule has 1 saturated heterocycles. The second-order valence-electron chi connectivity index (χ2n) is 5.72. The zero-order valence-corrected chi connectivity index (χ0v) is 11.1. The number of aliphatic hydroxyl groups excluding tert-OH is 2. The third-order valence-corrected chi connectivity index (χ3v) is 4.53. The number of aliphatic hydroxyl groups is 2. The maximum Gasteiger partial charge on any atom is 0.0836 e. The van der Waals surface area contributed by atoms with Crippen molar-refractivity contribution in [1.29, 1.82) is 0 Å². The number of nitrogens with zero attached hydrogens (tertiary/aromatic N) is 1. The Morgan fingerprint density at radius 1 is 1.37 bits per heavy atom. The Bertz CT molecular complexity index is 486. The predicted octanol–water partition coefficient (Wildman–Crippen LogP) is 1.82. The molecule has 2 bridgehead atoms. The first-order valence-electron chi connectivity index (χ1n) is 6.98. The lowest BCUT2D eigenvalue weighted by Gasteiger charge is -2.45. The van der Waals surface area contributed by atoms with Gasteiger partial charge in [-0.1, -0.05) is 24.3 Å². The average Bonchev–Trinajstić information content (AvgIpc) is 2.44. The van der Waals surface area contributed by atoms with Crippen molar-refractivity contribution < 1.29 is 10.2 Å². The van der Waals surface area contributed by atoms with E-state index in [1.54, 1.807) is 0 Å². The Kier molecular flexibility index (Phi) is 3.44. The molecule has 1 heterocycles. The highest BCUT2D eigenvalue weighted by Gasteiger charge is 2.39. The monoisotopic (exact) mass is 259 g/mol. The Morgan fingerprint density at radius 2 is 2.21 bits per heavy atom. The number of piperidine rings is 1. The fourth-order valence-electron chi connectivity index (χ4n) is 3.74. The maximum absolute atomic E-state index is 10.6. The van der Waals surface area contributed by atoms with Crippen LogP contribution in [-0.2, 0) is 6.61 Å². The molecule has 0 saturated carbocycles. The topological polar surface area (TPSA) is 43.7 Å². The van der Waals surface area contributed by atoms with Crippen LogP contribution in [0.2, 0.25) is 0 Å². The van der Waals surface area contributed by atoms with Gasteiger partial charge in [-0.2, -0.15) is 0 Å². The van der Waals surface area contributed by atoms with Gasteiger partial charge in [0.1, 0.15) is 0 Å². The van der Waals surface area contributed by atoms with Gasteiger partial charge in [-0.25, -0.2) is 0 Å². The third-order valence-electron chi connectivity index (χ3n) is 4.53. The number of hydrogen-bond acceptors (Lipinski definition) is 3.